The van der Waals surface area contributed by atoms with Crippen LogP contribution < -0.4 is 5.73 Å². The average molecular weight is 410 g/mol. The van der Waals surface area contributed by atoms with E-state index in [1.807, 2.05) is 30.0 Å². The van der Waals surface area contributed by atoms with E-state index < -0.39 is 0 Å². The van der Waals surface area contributed by atoms with E-state index in [2.05, 4.69) is 15.9 Å². The van der Waals surface area contributed by atoms with Crippen LogP contribution in [0.2, 0.25) is 5.02 Å². The van der Waals surface area contributed by atoms with Gasteiger partial charge >= 0.3 is 0 Å². The van der Waals surface area contributed by atoms with E-state index in [1.54, 1.807) is 0 Å². The van der Waals surface area contributed by atoms with Crippen molar-refractivity contribution in [3.8, 4) is 0 Å². The number of benzene rings is 1. The minimum Gasteiger partial charge on any atom is -0.338 e. The Morgan fingerprint density at radius 2 is 2.23 bits per heavy atom. The van der Waals surface area contributed by atoms with Crippen LogP contribution in [0.1, 0.15) is 38.2 Å². The number of amides is 1. The predicted molar refractivity (Wildman–Crippen MR) is 97.7 cm³/mol. The van der Waals surface area contributed by atoms with Gasteiger partial charge in [0, 0.05) is 34.5 Å². The summed E-state index contributed by atoms with van der Waals surface area (Å²) in [6, 6.07) is 5.90. The summed E-state index contributed by atoms with van der Waals surface area (Å²) in [6.45, 7) is 2.82. The first-order chi connectivity index (χ1) is 9.99. The quantitative estimate of drug-likeness (QED) is 0.810. The van der Waals surface area contributed by atoms with Gasteiger partial charge in [0.05, 0.1) is 0 Å². The maximum absolute atomic E-state index is 12.5. The summed E-state index contributed by atoms with van der Waals surface area (Å²) < 4.78 is 1.00. The zero-order chi connectivity index (χ0) is 15.4. The lowest BCUT2D eigenvalue weighted by Crippen LogP contribution is -2.51. The van der Waals surface area contributed by atoms with Crippen molar-refractivity contribution in [3.63, 3.8) is 0 Å². The summed E-state index contributed by atoms with van der Waals surface area (Å²) in [5.41, 5.74) is 7.10. The molecule has 0 aliphatic carbocycles. The van der Waals surface area contributed by atoms with Gasteiger partial charge in [-0.3, -0.25) is 4.79 Å². The number of rotatable bonds is 4. The Hall–Kier alpha value is -0.290. The summed E-state index contributed by atoms with van der Waals surface area (Å²) in [4.78, 5) is 14.5. The van der Waals surface area contributed by atoms with Crippen LogP contribution in [0.5, 0.6) is 0 Å². The molecule has 2 atom stereocenters. The molecule has 1 aliphatic rings. The van der Waals surface area contributed by atoms with Crippen LogP contribution >= 0.6 is 39.9 Å². The van der Waals surface area contributed by atoms with Gasteiger partial charge in [-0.1, -0.05) is 27.5 Å². The molecule has 1 aliphatic heterocycles. The highest BCUT2D eigenvalue weighted by atomic mass is 79.9. The van der Waals surface area contributed by atoms with Crippen LogP contribution in [0.25, 0.3) is 0 Å². The van der Waals surface area contributed by atoms with Crippen LogP contribution in [-0.4, -0.2) is 29.4 Å². The SMILES string of the molecule is CC(N)C1CCCCN1C(=O)CCc1cc(Cl)ccc1Br.Cl. The number of halogens is 3. The van der Waals surface area contributed by atoms with E-state index in [9.17, 15) is 4.79 Å². The average Bonchev–Trinajstić information content (AvgIpc) is 2.47. The van der Waals surface area contributed by atoms with Crippen LogP contribution in [0.15, 0.2) is 22.7 Å². The van der Waals surface area contributed by atoms with E-state index >= 15 is 0 Å². The monoisotopic (exact) mass is 408 g/mol. The van der Waals surface area contributed by atoms with Crippen molar-refractivity contribution in [1.29, 1.82) is 0 Å². The highest BCUT2D eigenvalue weighted by molar-refractivity contribution is 9.10. The summed E-state index contributed by atoms with van der Waals surface area (Å²) in [5, 5.41) is 0.701. The zero-order valence-electron chi connectivity index (χ0n) is 12.7. The van der Waals surface area contributed by atoms with Gasteiger partial charge in [0.2, 0.25) is 5.91 Å². The normalized spacial score (nSPS) is 19.5. The Bertz CT molecular complexity index is 511. The number of nitrogens with zero attached hydrogens (tertiary/aromatic N) is 1. The molecule has 0 aromatic heterocycles. The number of nitrogens with two attached hydrogens (primary N) is 1. The van der Waals surface area contributed by atoms with Gasteiger partial charge in [-0.15, -0.1) is 12.4 Å². The smallest absolute Gasteiger partial charge is 0.223 e. The molecule has 124 valence electrons. The van der Waals surface area contributed by atoms with Gasteiger partial charge < -0.3 is 10.6 Å². The van der Waals surface area contributed by atoms with E-state index in [1.165, 1.54) is 0 Å². The van der Waals surface area contributed by atoms with Crippen LogP contribution in [0.3, 0.4) is 0 Å². The molecule has 3 nitrogen and oxygen atoms in total. The number of likely N-dealkylation sites (tertiary alicyclic amines) is 1. The molecule has 2 rings (SSSR count). The molecule has 6 heteroatoms. The van der Waals surface area contributed by atoms with Gasteiger partial charge in [0.1, 0.15) is 0 Å². The second kappa shape index (κ2) is 9.11. The van der Waals surface area contributed by atoms with E-state index in [0.29, 0.717) is 17.9 Å². The van der Waals surface area contributed by atoms with Gasteiger partial charge in [-0.05, 0) is 56.4 Å². The molecule has 1 amide bonds. The summed E-state index contributed by atoms with van der Waals surface area (Å²) in [5.74, 6) is 0.198. The lowest BCUT2D eigenvalue weighted by molar-refractivity contribution is -0.135. The minimum absolute atomic E-state index is 0. The first-order valence-electron chi connectivity index (χ1n) is 7.48. The molecule has 1 fully saturated rings. The van der Waals surface area contributed by atoms with Crippen molar-refractivity contribution in [2.75, 3.05) is 6.54 Å². The van der Waals surface area contributed by atoms with Crippen molar-refractivity contribution in [3.05, 3.63) is 33.3 Å². The maximum Gasteiger partial charge on any atom is 0.223 e. The van der Waals surface area contributed by atoms with Gasteiger partial charge in [0.15, 0.2) is 0 Å². The first kappa shape index (κ1) is 19.8. The van der Waals surface area contributed by atoms with Gasteiger partial charge in [-0.2, -0.15) is 0 Å². The lowest BCUT2D eigenvalue weighted by atomic mass is 9.96. The molecule has 1 heterocycles. The number of hydrogen-bond acceptors (Lipinski definition) is 2. The Labute approximate surface area is 152 Å². The zero-order valence-corrected chi connectivity index (χ0v) is 15.9. The molecule has 1 aromatic carbocycles. The predicted octanol–water partition coefficient (Wildman–Crippen LogP) is 4.19. The number of carbonyl (C=O) groups is 1. The summed E-state index contributed by atoms with van der Waals surface area (Å²) >= 11 is 9.52. The van der Waals surface area contributed by atoms with Crippen LogP contribution in [0.4, 0.5) is 0 Å². The van der Waals surface area contributed by atoms with Crippen molar-refractivity contribution >= 4 is 45.8 Å². The molecule has 22 heavy (non-hydrogen) atoms. The summed E-state index contributed by atoms with van der Waals surface area (Å²) in [6.07, 6.45) is 4.46. The van der Waals surface area contributed by atoms with Crippen LogP contribution in [-0.2, 0) is 11.2 Å². The molecule has 2 unspecified atom stereocenters. The molecule has 1 saturated heterocycles. The third-order valence-corrected chi connectivity index (χ3v) is 5.10. The molecule has 0 spiro atoms. The third kappa shape index (κ3) is 5.12. The Morgan fingerprint density at radius 1 is 1.50 bits per heavy atom. The van der Waals surface area contributed by atoms with Crippen molar-refractivity contribution in [2.45, 2.75) is 51.1 Å². The van der Waals surface area contributed by atoms with Crippen molar-refractivity contribution < 1.29 is 4.79 Å². The summed E-state index contributed by atoms with van der Waals surface area (Å²) in [7, 11) is 0. The van der Waals surface area contributed by atoms with Crippen LogP contribution in [0, 0.1) is 0 Å². The van der Waals surface area contributed by atoms with E-state index in [-0.39, 0.29) is 30.4 Å². The van der Waals surface area contributed by atoms with E-state index in [4.69, 9.17) is 17.3 Å². The standard InChI is InChI=1S/C16H22BrClN2O.ClH/c1-11(19)15-4-2-3-9-20(15)16(21)8-5-12-10-13(18)6-7-14(12)17;/h6-7,10-11,15H,2-5,8-9,19H2,1H3;1H. The fourth-order valence-corrected chi connectivity index (χ4v) is 3.57. The van der Waals surface area contributed by atoms with Crippen molar-refractivity contribution in [1.82, 2.24) is 4.90 Å². The molecule has 1 aromatic rings. The number of carbonyl (C=O) groups excluding carboxylic acids is 1. The van der Waals surface area contributed by atoms with Crippen molar-refractivity contribution in [2.24, 2.45) is 5.73 Å². The third-order valence-electron chi connectivity index (χ3n) is 4.09. The minimum atomic E-state index is 0. The highest BCUT2D eigenvalue weighted by Crippen LogP contribution is 2.24. The Morgan fingerprint density at radius 3 is 2.91 bits per heavy atom. The van der Waals surface area contributed by atoms with Gasteiger partial charge in [0.25, 0.3) is 0 Å². The number of piperidine rings is 1. The molecule has 0 saturated carbocycles. The fourth-order valence-electron chi connectivity index (χ4n) is 2.93. The highest BCUT2D eigenvalue weighted by Gasteiger charge is 2.28. The Kier molecular flexibility index (Phi) is 8.19. The number of aryl methyl sites for hydroxylation is 1. The molecular weight excluding hydrogens is 387 g/mol. The second-order valence-corrected chi connectivity index (χ2v) is 7.04. The number of hydrogen-bond donors (Lipinski definition) is 1. The van der Waals surface area contributed by atoms with E-state index in [0.717, 1.165) is 35.8 Å². The lowest BCUT2D eigenvalue weighted by Gasteiger charge is -2.38. The maximum atomic E-state index is 12.5. The molecular formula is C16H23BrCl2N2O. The Balaban J connectivity index is 0.00000242. The topological polar surface area (TPSA) is 46.3 Å². The molecule has 2 N–H and O–H groups in total. The second-order valence-electron chi connectivity index (χ2n) is 5.75. The first-order valence-corrected chi connectivity index (χ1v) is 8.65. The molecule has 0 radical (unpaired) electrons. The fraction of sp³-hybridized carbons (Fsp3) is 0.562. The molecule has 0 bridgehead atoms. The largest absolute Gasteiger partial charge is 0.338 e. The van der Waals surface area contributed by atoms with Gasteiger partial charge in [-0.25, -0.2) is 0 Å².